The minimum Gasteiger partial charge on any atom is -0.314 e. The van der Waals surface area contributed by atoms with Crippen molar-refractivity contribution in [2.75, 3.05) is 7.05 Å². The quantitative estimate of drug-likeness (QED) is 0.867. The van der Waals surface area contributed by atoms with Crippen LogP contribution in [0.3, 0.4) is 0 Å². The minimum atomic E-state index is 0.704. The van der Waals surface area contributed by atoms with Gasteiger partial charge in [0, 0.05) is 18.9 Å². The van der Waals surface area contributed by atoms with Crippen LogP contribution in [0, 0.1) is 0 Å². The number of rotatable bonds is 4. The Morgan fingerprint density at radius 2 is 2.06 bits per heavy atom. The molecule has 0 radical (unpaired) electrons. The standard InChI is InChI=1S/C13H16N4/c1-3-10-5-4-7-15-12(10)13-16-8-6-11(17-13)9-14-2/h4-8,14H,3,9H2,1-2H3. The van der Waals surface area contributed by atoms with Crippen LogP contribution < -0.4 is 5.32 Å². The molecule has 0 aliphatic heterocycles. The van der Waals surface area contributed by atoms with Crippen molar-refractivity contribution in [2.24, 2.45) is 0 Å². The van der Waals surface area contributed by atoms with Gasteiger partial charge in [-0.2, -0.15) is 0 Å². The lowest BCUT2D eigenvalue weighted by atomic mass is 10.1. The summed E-state index contributed by atoms with van der Waals surface area (Å²) < 4.78 is 0. The summed E-state index contributed by atoms with van der Waals surface area (Å²) >= 11 is 0. The van der Waals surface area contributed by atoms with Gasteiger partial charge in [-0.3, -0.25) is 4.98 Å². The maximum Gasteiger partial charge on any atom is 0.178 e. The van der Waals surface area contributed by atoms with E-state index in [2.05, 4.69) is 33.3 Å². The van der Waals surface area contributed by atoms with Crippen LogP contribution in [0.5, 0.6) is 0 Å². The summed E-state index contributed by atoms with van der Waals surface area (Å²) in [6, 6.07) is 5.92. The first-order chi connectivity index (χ1) is 8.35. The third-order valence-electron chi connectivity index (χ3n) is 2.56. The van der Waals surface area contributed by atoms with Gasteiger partial charge >= 0.3 is 0 Å². The maximum absolute atomic E-state index is 4.51. The van der Waals surface area contributed by atoms with Crippen molar-refractivity contribution >= 4 is 0 Å². The molecule has 0 fully saturated rings. The van der Waals surface area contributed by atoms with Crippen LogP contribution in [-0.2, 0) is 13.0 Å². The van der Waals surface area contributed by atoms with E-state index < -0.39 is 0 Å². The van der Waals surface area contributed by atoms with Gasteiger partial charge < -0.3 is 5.32 Å². The molecule has 2 heterocycles. The second kappa shape index (κ2) is 5.50. The monoisotopic (exact) mass is 228 g/mol. The number of hydrogen-bond acceptors (Lipinski definition) is 4. The molecule has 0 unspecified atom stereocenters. The van der Waals surface area contributed by atoms with Crippen LogP contribution >= 0.6 is 0 Å². The third-order valence-corrected chi connectivity index (χ3v) is 2.56. The van der Waals surface area contributed by atoms with Crippen LogP contribution in [0.1, 0.15) is 18.2 Å². The van der Waals surface area contributed by atoms with E-state index in [4.69, 9.17) is 0 Å². The summed E-state index contributed by atoms with van der Waals surface area (Å²) in [5, 5.41) is 3.08. The Kier molecular flexibility index (Phi) is 3.77. The molecule has 17 heavy (non-hydrogen) atoms. The van der Waals surface area contributed by atoms with Crippen molar-refractivity contribution in [1.82, 2.24) is 20.3 Å². The van der Waals surface area contributed by atoms with Crippen molar-refractivity contribution in [1.29, 1.82) is 0 Å². The lowest BCUT2D eigenvalue weighted by Crippen LogP contribution is -2.08. The number of hydrogen-bond donors (Lipinski definition) is 1. The summed E-state index contributed by atoms with van der Waals surface area (Å²) in [7, 11) is 1.90. The normalized spacial score (nSPS) is 10.5. The van der Waals surface area contributed by atoms with Crippen molar-refractivity contribution in [2.45, 2.75) is 19.9 Å². The molecule has 0 bridgehead atoms. The molecule has 0 aliphatic rings. The SMILES string of the molecule is CCc1cccnc1-c1nccc(CNC)n1. The molecule has 2 aromatic rings. The van der Waals surface area contributed by atoms with Crippen molar-refractivity contribution < 1.29 is 0 Å². The largest absolute Gasteiger partial charge is 0.314 e. The average Bonchev–Trinajstić information content (AvgIpc) is 2.39. The predicted molar refractivity (Wildman–Crippen MR) is 67.4 cm³/mol. The van der Waals surface area contributed by atoms with E-state index in [9.17, 15) is 0 Å². The van der Waals surface area contributed by atoms with E-state index in [0.29, 0.717) is 5.82 Å². The fourth-order valence-electron chi connectivity index (χ4n) is 1.71. The lowest BCUT2D eigenvalue weighted by molar-refractivity contribution is 0.787. The maximum atomic E-state index is 4.51. The highest BCUT2D eigenvalue weighted by Crippen LogP contribution is 2.17. The van der Waals surface area contributed by atoms with Gasteiger partial charge in [-0.15, -0.1) is 0 Å². The molecule has 88 valence electrons. The van der Waals surface area contributed by atoms with E-state index in [1.165, 1.54) is 5.56 Å². The van der Waals surface area contributed by atoms with Gasteiger partial charge in [0.1, 0.15) is 5.69 Å². The fraction of sp³-hybridized carbons (Fsp3) is 0.308. The number of nitrogens with zero attached hydrogens (tertiary/aromatic N) is 3. The Morgan fingerprint density at radius 1 is 1.18 bits per heavy atom. The molecule has 4 heteroatoms. The molecule has 1 N–H and O–H groups in total. The molecule has 0 saturated carbocycles. The average molecular weight is 228 g/mol. The molecule has 0 amide bonds. The van der Waals surface area contributed by atoms with Crippen molar-refractivity contribution in [3.63, 3.8) is 0 Å². The van der Waals surface area contributed by atoms with Crippen LogP contribution in [0.25, 0.3) is 11.5 Å². The first kappa shape index (κ1) is 11.7. The van der Waals surface area contributed by atoms with E-state index in [1.54, 1.807) is 12.4 Å². The summed E-state index contributed by atoms with van der Waals surface area (Å²) in [4.78, 5) is 13.2. The van der Waals surface area contributed by atoms with Crippen LogP contribution in [-0.4, -0.2) is 22.0 Å². The van der Waals surface area contributed by atoms with Gasteiger partial charge in [0.15, 0.2) is 5.82 Å². The van der Waals surface area contributed by atoms with Crippen LogP contribution in [0.15, 0.2) is 30.6 Å². The zero-order valence-corrected chi connectivity index (χ0v) is 10.1. The van der Waals surface area contributed by atoms with Gasteiger partial charge in [-0.05, 0) is 31.2 Å². The number of pyridine rings is 1. The van der Waals surface area contributed by atoms with Crippen LogP contribution in [0.2, 0.25) is 0 Å². The fourth-order valence-corrected chi connectivity index (χ4v) is 1.71. The van der Waals surface area contributed by atoms with E-state index >= 15 is 0 Å². The van der Waals surface area contributed by atoms with Crippen LogP contribution in [0.4, 0.5) is 0 Å². The number of aryl methyl sites for hydroxylation is 1. The zero-order chi connectivity index (χ0) is 12.1. The lowest BCUT2D eigenvalue weighted by Gasteiger charge is -2.06. The summed E-state index contributed by atoms with van der Waals surface area (Å²) in [5.41, 5.74) is 3.03. The first-order valence-electron chi connectivity index (χ1n) is 5.76. The highest BCUT2D eigenvalue weighted by molar-refractivity contribution is 5.54. The Hall–Kier alpha value is -1.81. The smallest absolute Gasteiger partial charge is 0.178 e. The molecule has 4 nitrogen and oxygen atoms in total. The Bertz CT molecular complexity index is 496. The Morgan fingerprint density at radius 3 is 2.82 bits per heavy atom. The summed E-state index contributed by atoms with van der Waals surface area (Å²) in [6.45, 7) is 2.85. The highest BCUT2D eigenvalue weighted by Gasteiger charge is 2.08. The molecule has 0 aromatic carbocycles. The second-order valence-corrected chi connectivity index (χ2v) is 3.77. The van der Waals surface area contributed by atoms with Gasteiger partial charge in [0.25, 0.3) is 0 Å². The number of nitrogens with one attached hydrogen (secondary N) is 1. The Labute approximate surface area is 101 Å². The van der Waals surface area contributed by atoms with Gasteiger partial charge in [-0.25, -0.2) is 9.97 Å². The van der Waals surface area contributed by atoms with Gasteiger partial charge in [0.2, 0.25) is 0 Å². The molecule has 0 spiro atoms. The number of aromatic nitrogens is 3. The molecule has 2 aromatic heterocycles. The third kappa shape index (κ3) is 2.65. The molecule has 0 saturated heterocycles. The van der Waals surface area contributed by atoms with Crippen molar-refractivity contribution in [3.05, 3.63) is 41.9 Å². The predicted octanol–water partition coefficient (Wildman–Crippen LogP) is 1.82. The minimum absolute atomic E-state index is 0.704. The Balaban J connectivity index is 2.41. The highest BCUT2D eigenvalue weighted by atomic mass is 14.9. The van der Waals surface area contributed by atoms with E-state index in [1.807, 2.05) is 19.2 Å². The van der Waals surface area contributed by atoms with E-state index in [-0.39, 0.29) is 0 Å². The molecular weight excluding hydrogens is 212 g/mol. The summed E-state index contributed by atoms with van der Waals surface area (Å²) in [6.07, 6.45) is 4.49. The van der Waals surface area contributed by atoms with Gasteiger partial charge in [0.05, 0.1) is 5.69 Å². The van der Waals surface area contributed by atoms with Crippen molar-refractivity contribution in [3.8, 4) is 11.5 Å². The first-order valence-corrected chi connectivity index (χ1v) is 5.76. The van der Waals surface area contributed by atoms with E-state index in [0.717, 1.165) is 24.4 Å². The molecule has 0 atom stereocenters. The zero-order valence-electron chi connectivity index (χ0n) is 10.1. The molecular formula is C13H16N4. The molecule has 2 rings (SSSR count). The summed E-state index contributed by atoms with van der Waals surface area (Å²) in [5.74, 6) is 0.704. The molecule has 0 aliphatic carbocycles. The topological polar surface area (TPSA) is 50.7 Å². The second-order valence-electron chi connectivity index (χ2n) is 3.77. The van der Waals surface area contributed by atoms with Gasteiger partial charge in [-0.1, -0.05) is 13.0 Å².